The van der Waals surface area contributed by atoms with Crippen LogP contribution in [0.15, 0.2) is 67.0 Å². The molecule has 2 aromatic carbocycles. The summed E-state index contributed by atoms with van der Waals surface area (Å²) in [5.41, 5.74) is 1.01. The number of nitrogens with one attached hydrogen (secondary N) is 1. The first-order valence-electron chi connectivity index (χ1n) is 11.3. The second-order valence-electron chi connectivity index (χ2n) is 8.60. The molecule has 5 rings (SSSR count). The van der Waals surface area contributed by atoms with E-state index in [9.17, 15) is 22.4 Å². The van der Waals surface area contributed by atoms with Crippen LogP contribution in [0.5, 0.6) is 5.75 Å². The first-order valence-corrected chi connectivity index (χ1v) is 11.3. The van der Waals surface area contributed by atoms with Crippen LogP contribution in [0.4, 0.5) is 23.2 Å². The van der Waals surface area contributed by atoms with Crippen molar-refractivity contribution in [3.05, 3.63) is 95.3 Å². The van der Waals surface area contributed by atoms with Crippen molar-refractivity contribution in [1.82, 2.24) is 24.4 Å². The molecule has 8 nitrogen and oxygen atoms in total. The normalized spacial score (nSPS) is 11.6. The largest absolute Gasteiger partial charge is 0.471 e. The van der Waals surface area contributed by atoms with Crippen LogP contribution in [0.1, 0.15) is 27.3 Å². The maximum absolute atomic E-state index is 13.8. The highest BCUT2D eigenvalue weighted by Gasteiger charge is 2.35. The van der Waals surface area contributed by atoms with E-state index in [1.807, 2.05) is 32.0 Å². The number of amides is 1. The van der Waals surface area contributed by atoms with Crippen molar-refractivity contribution < 1.29 is 27.1 Å². The Morgan fingerprint density at radius 3 is 2.53 bits per heavy atom. The van der Waals surface area contributed by atoms with Crippen LogP contribution in [0.25, 0.3) is 16.9 Å². The second-order valence-corrected chi connectivity index (χ2v) is 8.60. The molecule has 0 radical (unpaired) electrons. The number of hydrogen-bond donors (Lipinski definition) is 1. The van der Waals surface area contributed by atoms with Crippen molar-refractivity contribution in [1.29, 1.82) is 0 Å². The number of anilines is 1. The van der Waals surface area contributed by atoms with Crippen LogP contribution >= 0.6 is 0 Å². The number of halogens is 4. The molecule has 38 heavy (non-hydrogen) atoms. The predicted molar refractivity (Wildman–Crippen MR) is 130 cm³/mol. The molecule has 0 aliphatic carbocycles. The van der Waals surface area contributed by atoms with Gasteiger partial charge >= 0.3 is 6.18 Å². The zero-order valence-electron chi connectivity index (χ0n) is 20.1. The standard InChI is InChI=1S/C26H20F4N6O2/c1-15-3-8-22(16(2)9-15)38-14-35-13-19(12-31-35)32-25(37)21-11-24-33-20(17-4-6-18(27)7-5-17)10-23(26(28,29)30)36(24)34-21/h3-13H,14H2,1-2H3,(H,32,37). The number of ether oxygens (including phenoxy) is 1. The smallest absolute Gasteiger partial charge is 0.433 e. The topological polar surface area (TPSA) is 86.3 Å². The number of rotatable bonds is 6. The number of alkyl halides is 3. The summed E-state index contributed by atoms with van der Waals surface area (Å²) < 4.78 is 62.5. The Morgan fingerprint density at radius 2 is 1.82 bits per heavy atom. The van der Waals surface area contributed by atoms with Gasteiger partial charge in [0.25, 0.3) is 5.91 Å². The summed E-state index contributed by atoms with van der Waals surface area (Å²) in [6.45, 7) is 3.99. The van der Waals surface area contributed by atoms with Crippen LogP contribution < -0.4 is 10.1 Å². The molecule has 0 atom stereocenters. The molecule has 3 heterocycles. The van der Waals surface area contributed by atoms with Crippen LogP contribution in [-0.2, 0) is 12.9 Å². The van der Waals surface area contributed by atoms with Gasteiger partial charge in [-0.3, -0.25) is 4.79 Å². The minimum absolute atomic E-state index is 0.0400. The molecule has 12 heteroatoms. The Hall–Kier alpha value is -4.74. The molecule has 3 aromatic heterocycles. The number of aromatic nitrogens is 5. The van der Waals surface area contributed by atoms with Gasteiger partial charge in [-0.15, -0.1) is 0 Å². The summed E-state index contributed by atoms with van der Waals surface area (Å²) in [4.78, 5) is 17.0. The number of nitrogens with zero attached hydrogens (tertiary/aromatic N) is 5. The third-order valence-corrected chi connectivity index (χ3v) is 5.66. The lowest BCUT2D eigenvalue weighted by Gasteiger charge is -2.11. The third-order valence-electron chi connectivity index (χ3n) is 5.66. The Morgan fingerprint density at radius 1 is 1.05 bits per heavy atom. The summed E-state index contributed by atoms with van der Waals surface area (Å²) in [5.74, 6) is -0.592. The van der Waals surface area contributed by atoms with E-state index in [1.54, 1.807) is 0 Å². The maximum Gasteiger partial charge on any atom is 0.433 e. The van der Waals surface area contributed by atoms with E-state index in [4.69, 9.17) is 4.74 Å². The van der Waals surface area contributed by atoms with Gasteiger partial charge in [-0.2, -0.15) is 23.4 Å². The molecular formula is C26H20F4N6O2. The molecule has 0 saturated carbocycles. The molecule has 0 fully saturated rings. The number of hydrogen-bond acceptors (Lipinski definition) is 5. The van der Waals surface area contributed by atoms with Gasteiger partial charge in [-0.25, -0.2) is 18.6 Å². The molecule has 1 N–H and O–H groups in total. The number of aryl methyl sites for hydroxylation is 2. The van der Waals surface area contributed by atoms with E-state index in [2.05, 4.69) is 20.5 Å². The van der Waals surface area contributed by atoms with Crippen molar-refractivity contribution in [3.8, 4) is 17.0 Å². The highest BCUT2D eigenvalue weighted by atomic mass is 19.4. The van der Waals surface area contributed by atoms with Gasteiger partial charge < -0.3 is 10.1 Å². The van der Waals surface area contributed by atoms with Crippen molar-refractivity contribution in [2.75, 3.05) is 5.32 Å². The van der Waals surface area contributed by atoms with Crippen molar-refractivity contribution >= 4 is 17.2 Å². The molecule has 0 unspecified atom stereocenters. The SMILES string of the molecule is Cc1ccc(OCn2cc(NC(=O)c3cc4nc(-c5ccc(F)cc5)cc(C(F)(F)F)n4n3)cn2)c(C)c1. The van der Waals surface area contributed by atoms with Crippen LogP contribution in [-0.4, -0.2) is 30.3 Å². The van der Waals surface area contributed by atoms with Crippen molar-refractivity contribution in [3.63, 3.8) is 0 Å². The molecule has 0 aliphatic rings. The zero-order chi connectivity index (χ0) is 27.0. The fourth-order valence-electron chi connectivity index (χ4n) is 3.85. The zero-order valence-corrected chi connectivity index (χ0v) is 20.1. The lowest BCUT2D eigenvalue weighted by molar-refractivity contribution is -0.142. The van der Waals surface area contributed by atoms with Gasteiger partial charge in [-0.1, -0.05) is 17.7 Å². The van der Waals surface area contributed by atoms with Gasteiger partial charge in [0.05, 0.1) is 23.8 Å². The molecule has 0 saturated heterocycles. The summed E-state index contributed by atoms with van der Waals surface area (Å²) in [5, 5.41) is 10.5. The lowest BCUT2D eigenvalue weighted by atomic mass is 10.1. The summed E-state index contributed by atoms with van der Waals surface area (Å²) in [6, 6.07) is 12.6. The first kappa shape index (κ1) is 24.9. The van der Waals surface area contributed by atoms with Crippen LogP contribution in [0.3, 0.4) is 0 Å². The second kappa shape index (κ2) is 9.61. The Balaban J connectivity index is 1.36. The molecule has 1 amide bonds. The fourth-order valence-corrected chi connectivity index (χ4v) is 3.85. The maximum atomic E-state index is 13.8. The third kappa shape index (κ3) is 5.19. The van der Waals surface area contributed by atoms with E-state index in [0.717, 1.165) is 35.4 Å². The monoisotopic (exact) mass is 524 g/mol. The highest BCUT2D eigenvalue weighted by Crippen LogP contribution is 2.32. The minimum atomic E-state index is -4.79. The van der Waals surface area contributed by atoms with Gasteiger partial charge in [0.2, 0.25) is 0 Å². The van der Waals surface area contributed by atoms with Gasteiger partial charge in [0.15, 0.2) is 23.8 Å². The van der Waals surface area contributed by atoms with E-state index in [1.165, 1.54) is 29.2 Å². The number of carbonyl (C=O) groups is 1. The van der Waals surface area contributed by atoms with Gasteiger partial charge in [0.1, 0.15) is 11.6 Å². The quantitative estimate of drug-likeness (QED) is 0.290. The van der Waals surface area contributed by atoms with E-state index in [0.29, 0.717) is 16.0 Å². The van der Waals surface area contributed by atoms with Crippen LogP contribution in [0, 0.1) is 19.7 Å². The molecule has 0 spiro atoms. The van der Waals surface area contributed by atoms with Gasteiger partial charge in [0, 0.05) is 11.6 Å². The number of fused-ring (bicyclic) bond motifs is 1. The molecule has 194 valence electrons. The molecule has 0 aliphatic heterocycles. The predicted octanol–water partition coefficient (Wildman–Crippen LogP) is 5.66. The summed E-state index contributed by atoms with van der Waals surface area (Å²) in [6.07, 6.45) is -1.89. The summed E-state index contributed by atoms with van der Waals surface area (Å²) in [7, 11) is 0. The summed E-state index contributed by atoms with van der Waals surface area (Å²) >= 11 is 0. The fraction of sp³-hybridized carbons (Fsp3) is 0.154. The first-order chi connectivity index (χ1) is 18.1. The van der Waals surface area contributed by atoms with Crippen molar-refractivity contribution in [2.24, 2.45) is 0 Å². The Bertz CT molecular complexity index is 1640. The van der Waals surface area contributed by atoms with E-state index < -0.39 is 23.6 Å². The molecule has 5 aromatic rings. The number of benzene rings is 2. The number of carbonyl (C=O) groups excluding carboxylic acids is 1. The van der Waals surface area contributed by atoms with E-state index in [-0.39, 0.29) is 29.3 Å². The molecule has 0 bridgehead atoms. The highest BCUT2D eigenvalue weighted by molar-refractivity contribution is 6.03. The van der Waals surface area contributed by atoms with E-state index >= 15 is 0 Å². The average molecular weight is 524 g/mol. The van der Waals surface area contributed by atoms with Crippen LogP contribution in [0.2, 0.25) is 0 Å². The lowest BCUT2D eigenvalue weighted by Crippen LogP contribution is -2.15. The molecular weight excluding hydrogens is 504 g/mol. The van der Waals surface area contributed by atoms with Crippen molar-refractivity contribution in [2.45, 2.75) is 26.8 Å². The Kier molecular flexibility index (Phi) is 6.31. The average Bonchev–Trinajstić information content (AvgIpc) is 3.49. The Labute approximate surface area is 213 Å². The van der Waals surface area contributed by atoms with Gasteiger partial charge in [-0.05, 0) is 55.8 Å². The minimum Gasteiger partial charge on any atom is -0.471 e.